The first-order chi connectivity index (χ1) is 14.8. The van der Waals surface area contributed by atoms with E-state index < -0.39 is 11.7 Å². The standard InChI is InChI=1S/C21H23F3N4O3/c22-21(23,24)16-3-1-9-26-20(16)27-11-10-25-18(29)4-2-12-31-15-6-7-17-14(13-15)5-8-19(30)28-17/h1,3,6-7,9,13H,2,4-5,8,10-12H2,(H,25,29)(H,26,27)(H,28,30). The summed E-state index contributed by atoms with van der Waals surface area (Å²) >= 11 is 0. The largest absolute Gasteiger partial charge is 0.494 e. The predicted molar refractivity (Wildman–Crippen MR) is 109 cm³/mol. The molecule has 1 aromatic carbocycles. The van der Waals surface area contributed by atoms with Gasteiger partial charge in [0, 0.05) is 37.8 Å². The summed E-state index contributed by atoms with van der Waals surface area (Å²) < 4.78 is 44.4. The Kier molecular flexibility index (Phi) is 7.32. The smallest absolute Gasteiger partial charge is 0.419 e. The molecule has 0 radical (unpaired) electrons. The molecule has 0 saturated heterocycles. The number of aromatic nitrogens is 1. The highest BCUT2D eigenvalue weighted by molar-refractivity contribution is 5.94. The minimum absolute atomic E-state index is 0.00297. The SMILES string of the molecule is O=C(CCCOc1ccc2c(c1)CCC(=O)N2)NCCNc1ncccc1C(F)(F)F. The van der Waals surface area contributed by atoms with Crippen molar-refractivity contribution in [2.24, 2.45) is 0 Å². The van der Waals surface area contributed by atoms with Gasteiger partial charge in [0.1, 0.15) is 11.6 Å². The molecular weight excluding hydrogens is 413 g/mol. The lowest BCUT2D eigenvalue weighted by molar-refractivity contribution is -0.137. The Bertz CT molecular complexity index is 934. The van der Waals surface area contributed by atoms with E-state index >= 15 is 0 Å². The molecule has 7 nitrogen and oxygen atoms in total. The summed E-state index contributed by atoms with van der Waals surface area (Å²) in [5.74, 6) is 0.205. The highest BCUT2D eigenvalue weighted by Crippen LogP contribution is 2.33. The van der Waals surface area contributed by atoms with Crippen LogP contribution in [0.3, 0.4) is 0 Å². The van der Waals surface area contributed by atoms with Crippen LogP contribution in [0.5, 0.6) is 5.75 Å². The number of carbonyl (C=O) groups is 2. The number of ether oxygens (including phenoxy) is 1. The fraction of sp³-hybridized carbons (Fsp3) is 0.381. The third-order valence-electron chi connectivity index (χ3n) is 4.64. The predicted octanol–water partition coefficient (Wildman–Crippen LogP) is 3.37. The minimum Gasteiger partial charge on any atom is -0.494 e. The molecule has 0 spiro atoms. The van der Waals surface area contributed by atoms with E-state index in [1.807, 2.05) is 6.07 Å². The van der Waals surface area contributed by atoms with Crippen LogP contribution in [-0.4, -0.2) is 36.5 Å². The molecular formula is C21H23F3N4O3. The first-order valence-corrected chi connectivity index (χ1v) is 9.91. The van der Waals surface area contributed by atoms with Gasteiger partial charge in [0.05, 0.1) is 12.2 Å². The number of pyridine rings is 1. The number of alkyl halides is 3. The number of hydrogen-bond donors (Lipinski definition) is 3. The first-order valence-electron chi connectivity index (χ1n) is 9.91. The Hall–Kier alpha value is -3.30. The number of anilines is 2. The van der Waals surface area contributed by atoms with Crippen LogP contribution in [0.2, 0.25) is 0 Å². The second-order valence-electron chi connectivity index (χ2n) is 6.99. The molecule has 0 bridgehead atoms. The van der Waals surface area contributed by atoms with Crippen LogP contribution in [0.15, 0.2) is 36.5 Å². The summed E-state index contributed by atoms with van der Waals surface area (Å²) in [5.41, 5.74) is 0.969. The van der Waals surface area contributed by atoms with Gasteiger partial charge in [0.15, 0.2) is 0 Å². The van der Waals surface area contributed by atoms with Crippen molar-refractivity contribution in [2.75, 3.05) is 30.3 Å². The quantitative estimate of drug-likeness (QED) is 0.524. The van der Waals surface area contributed by atoms with Crippen molar-refractivity contribution in [3.63, 3.8) is 0 Å². The monoisotopic (exact) mass is 436 g/mol. The zero-order valence-electron chi connectivity index (χ0n) is 16.7. The van der Waals surface area contributed by atoms with Crippen LogP contribution in [0, 0.1) is 0 Å². The number of benzene rings is 1. The molecule has 2 heterocycles. The molecule has 2 aromatic rings. The van der Waals surface area contributed by atoms with Crippen molar-refractivity contribution in [2.45, 2.75) is 31.9 Å². The van der Waals surface area contributed by atoms with Crippen molar-refractivity contribution >= 4 is 23.3 Å². The molecule has 1 aliphatic rings. The van der Waals surface area contributed by atoms with Crippen molar-refractivity contribution < 1.29 is 27.5 Å². The molecule has 0 aliphatic carbocycles. The molecule has 0 fully saturated rings. The summed E-state index contributed by atoms with van der Waals surface area (Å²) in [6, 6.07) is 7.62. The highest BCUT2D eigenvalue weighted by atomic mass is 19.4. The number of nitrogens with zero attached hydrogens (tertiary/aromatic N) is 1. The molecule has 166 valence electrons. The van der Waals surface area contributed by atoms with Gasteiger partial charge < -0.3 is 20.7 Å². The Morgan fingerprint density at radius 2 is 2.03 bits per heavy atom. The van der Waals surface area contributed by atoms with Gasteiger partial charge in [-0.1, -0.05) is 0 Å². The lowest BCUT2D eigenvalue weighted by Crippen LogP contribution is -2.29. The van der Waals surface area contributed by atoms with Crippen LogP contribution >= 0.6 is 0 Å². The normalized spacial score (nSPS) is 13.2. The maximum Gasteiger partial charge on any atom is 0.419 e. The third kappa shape index (κ3) is 6.59. The summed E-state index contributed by atoms with van der Waals surface area (Å²) in [4.78, 5) is 27.0. The van der Waals surface area contributed by atoms with E-state index in [0.29, 0.717) is 31.6 Å². The Morgan fingerprint density at radius 1 is 1.19 bits per heavy atom. The number of carbonyl (C=O) groups excluding carboxylic acids is 2. The molecule has 1 aliphatic heterocycles. The Balaban J connectivity index is 1.32. The van der Waals surface area contributed by atoms with Crippen LogP contribution in [0.4, 0.5) is 24.7 Å². The van der Waals surface area contributed by atoms with Gasteiger partial charge in [0.25, 0.3) is 0 Å². The number of aryl methyl sites for hydroxylation is 1. The van der Waals surface area contributed by atoms with Gasteiger partial charge in [-0.15, -0.1) is 0 Å². The van der Waals surface area contributed by atoms with Crippen molar-refractivity contribution in [3.05, 3.63) is 47.7 Å². The third-order valence-corrected chi connectivity index (χ3v) is 4.64. The van der Waals surface area contributed by atoms with Gasteiger partial charge in [-0.25, -0.2) is 4.98 Å². The lowest BCUT2D eigenvalue weighted by atomic mass is 10.0. The van der Waals surface area contributed by atoms with Gasteiger partial charge >= 0.3 is 6.18 Å². The molecule has 3 rings (SSSR count). The molecule has 0 saturated carbocycles. The van der Waals surface area contributed by atoms with Gasteiger partial charge in [-0.3, -0.25) is 9.59 Å². The molecule has 10 heteroatoms. The molecule has 3 N–H and O–H groups in total. The number of hydrogen-bond acceptors (Lipinski definition) is 5. The van der Waals surface area contributed by atoms with E-state index in [1.165, 1.54) is 12.3 Å². The Labute approximate surface area is 177 Å². The van der Waals surface area contributed by atoms with E-state index in [9.17, 15) is 22.8 Å². The van der Waals surface area contributed by atoms with E-state index in [0.717, 1.165) is 17.3 Å². The molecule has 0 atom stereocenters. The van der Waals surface area contributed by atoms with E-state index in [2.05, 4.69) is 20.9 Å². The summed E-state index contributed by atoms with van der Waals surface area (Å²) in [7, 11) is 0. The highest BCUT2D eigenvalue weighted by Gasteiger charge is 2.33. The molecule has 2 amide bonds. The molecule has 0 unspecified atom stereocenters. The second kappa shape index (κ2) is 10.1. The molecule has 31 heavy (non-hydrogen) atoms. The number of halogens is 3. The summed E-state index contributed by atoms with van der Waals surface area (Å²) in [6.45, 7) is 0.637. The zero-order valence-corrected chi connectivity index (χ0v) is 16.7. The molecule has 1 aromatic heterocycles. The van der Waals surface area contributed by atoms with E-state index in [4.69, 9.17) is 4.74 Å². The Morgan fingerprint density at radius 3 is 2.84 bits per heavy atom. The number of fused-ring (bicyclic) bond motifs is 1. The fourth-order valence-corrected chi connectivity index (χ4v) is 3.12. The van der Waals surface area contributed by atoms with Crippen LogP contribution in [0.25, 0.3) is 0 Å². The zero-order chi connectivity index (χ0) is 22.3. The van der Waals surface area contributed by atoms with E-state index in [1.54, 1.807) is 12.1 Å². The maximum absolute atomic E-state index is 12.9. The maximum atomic E-state index is 12.9. The average molecular weight is 436 g/mol. The van der Waals surface area contributed by atoms with Crippen LogP contribution in [-0.2, 0) is 22.2 Å². The van der Waals surface area contributed by atoms with E-state index in [-0.39, 0.29) is 37.1 Å². The van der Waals surface area contributed by atoms with Gasteiger partial charge in [-0.05, 0) is 48.7 Å². The average Bonchev–Trinajstić information content (AvgIpc) is 2.74. The van der Waals surface area contributed by atoms with Gasteiger partial charge in [-0.2, -0.15) is 13.2 Å². The minimum atomic E-state index is -4.49. The summed E-state index contributed by atoms with van der Waals surface area (Å²) in [5, 5.41) is 8.05. The lowest BCUT2D eigenvalue weighted by Gasteiger charge is -2.17. The van der Waals surface area contributed by atoms with Gasteiger partial charge in [0.2, 0.25) is 11.8 Å². The van der Waals surface area contributed by atoms with Crippen LogP contribution < -0.4 is 20.7 Å². The fourth-order valence-electron chi connectivity index (χ4n) is 3.12. The number of amides is 2. The number of rotatable bonds is 9. The second-order valence-corrected chi connectivity index (χ2v) is 6.99. The van der Waals surface area contributed by atoms with Crippen LogP contribution in [0.1, 0.15) is 30.4 Å². The summed E-state index contributed by atoms with van der Waals surface area (Å²) in [6.07, 6.45) is -1.38. The van der Waals surface area contributed by atoms with Crippen molar-refractivity contribution in [1.82, 2.24) is 10.3 Å². The first kappa shape index (κ1) is 22.4. The van der Waals surface area contributed by atoms with Crippen molar-refractivity contribution in [3.8, 4) is 5.75 Å². The van der Waals surface area contributed by atoms with Crippen molar-refractivity contribution in [1.29, 1.82) is 0 Å². The topological polar surface area (TPSA) is 92.4 Å². The number of nitrogens with one attached hydrogen (secondary N) is 3.